The number of hydrogen-bond acceptors (Lipinski definition) is 5. The van der Waals surface area contributed by atoms with Gasteiger partial charge in [0.05, 0.1) is 10.6 Å². The van der Waals surface area contributed by atoms with E-state index in [1.54, 1.807) is 25.1 Å². The highest BCUT2D eigenvalue weighted by Crippen LogP contribution is 2.32. The molecule has 27 heavy (non-hydrogen) atoms. The standard InChI is InChI=1S/C18H19N3O5S/c1-11-17(22)20-15-10-13(7-8-16(15)26-11)19-18(23)12-5-4-6-14(9-12)27(24,25)21(2)3/h4-11H,1-3H3,(H,19,23)(H,20,22)/t11-/m0/s1. The molecule has 0 aliphatic carbocycles. The third-order valence-electron chi connectivity index (χ3n) is 4.04. The van der Waals surface area contributed by atoms with Gasteiger partial charge in [0.25, 0.3) is 11.8 Å². The summed E-state index contributed by atoms with van der Waals surface area (Å²) in [4.78, 5) is 24.3. The molecule has 2 aromatic rings. The Bertz CT molecular complexity index is 1020. The molecule has 2 N–H and O–H groups in total. The highest BCUT2D eigenvalue weighted by Gasteiger charge is 2.24. The molecular weight excluding hydrogens is 370 g/mol. The van der Waals surface area contributed by atoms with E-state index in [9.17, 15) is 18.0 Å². The SMILES string of the molecule is C[C@@H]1Oc2ccc(NC(=O)c3cccc(S(=O)(=O)N(C)C)c3)cc2NC1=O. The molecule has 0 aromatic heterocycles. The van der Waals surface area contributed by atoms with Gasteiger partial charge in [-0.2, -0.15) is 0 Å². The van der Waals surface area contributed by atoms with Crippen LogP contribution in [0.15, 0.2) is 47.4 Å². The molecule has 9 heteroatoms. The van der Waals surface area contributed by atoms with Crippen LogP contribution in [0.2, 0.25) is 0 Å². The van der Waals surface area contributed by atoms with Crippen LogP contribution < -0.4 is 15.4 Å². The fourth-order valence-electron chi connectivity index (χ4n) is 2.50. The third kappa shape index (κ3) is 3.79. The average molecular weight is 389 g/mol. The van der Waals surface area contributed by atoms with E-state index in [1.807, 2.05) is 0 Å². The van der Waals surface area contributed by atoms with Crippen LogP contribution in [-0.2, 0) is 14.8 Å². The summed E-state index contributed by atoms with van der Waals surface area (Å²) in [5, 5.41) is 5.39. The van der Waals surface area contributed by atoms with E-state index < -0.39 is 22.0 Å². The Morgan fingerprint density at radius 3 is 2.63 bits per heavy atom. The van der Waals surface area contributed by atoms with Gasteiger partial charge in [0, 0.05) is 25.3 Å². The molecule has 3 rings (SSSR count). The van der Waals surface area contributed by atoms with E-state index in [2.05, 4.69) is 10.6 Å². The molecule has 1 atom stereocenters. The van der Waals surface area contributed by atoms with Crippen molar-refractivity contribution in [3.63, 3.8) is 0 Å². The lowest BCUT2D eigenvalue weighted by molar-refractivity contribution is -0.122. The van der Waals surface area contributed by atoms with Crippen LogP contribution in [0.25, 0.3) is 0 Å². The van der Waals surface area contributed by atoms with Gasteiger partial charge in [-0.25, -0.2) is 12.7 Å². The normalized spacial score (nSPS) is 16.3. The number of fused-ring (bicyclic) bond motifs is 1. The highest BCUT2D eigenvalue weighted by molar-refractivity contribution is 7.89. The largest absolute Gasteiger partial charge is 0.479 e. The van der Waals surface area contributed by atoms with Crippen LogP contribution in [0.1, 0.15) is 17.3 Å². The number of rotatable bonds is 4. The van der Waals surface area contributed by atoms with E-state index in [1.165, 1.54) is 38.4 Å². The molecule has 0 fully saturated rings. The maximum absolute atomic E-state index is 12.5. The van der Waals surface area contributed by atoms with Crippen molar-refractivity contribution in [2.45, 2.75) is 17.9 Å². The molecule has 8 nitrogen and oxygen atoms in total. The number of sulfonamides is 1. The second kappa shape index (κ2) is 7.01. The van der Waals surface area contributed by atoms with Gasteiger partial charge in [-0.3, -0.25) is 9.59 Å². The van der Waals surface area contributed by atoms with Crippen molar-refractivity contribution in [1.29, 1.82) is 0 Å². The quantitative estimate of drug-likeness (QED) is 0.831. The Labute approximate surface area is 157 Å². The van der Waals surface area contributed by atoms with Crippen LogP contribution in [0.4, 0.5) is 11.4 Å². The van der Waals surface area contributed by atoms with E-state index in [0.29, 0.717) is 17.1 Å². The number of ether oxygens (including phenoxy) is 1. The van der Waals surface area contributed by atoms with E-state index >= 15 is 0 Å². The monoisotopic (exact) mass is 389 g/mol. The molecule has 0 saturated heterocycles. The number of benzene rings is 2. The van der Waals surface area contributed by atoms with Gasteiger partial charge in [-0.05, 0) is 43.3 Å². The van der Waals surface area contributed by atoms with Crippen molar-refractivity contribution in [3.8, 4) is 5.75 Å². The van der Waals surface area contributed by atoms with E-state index in [-0.39, 0.29) is 16.4 Å². The maximum atomic E-state index is 12.5. The Balaban J connectivity index is 1.83. The van der Waals surface area contributed by atoms with Crippen LogP contribution in [0, 0.1) is 0 Å². The highest BCUT2D eigenvalue weighted by atomic mass is 32.2. The molecule has 1 heterocycles. The summed E-state index contributed by atoms with van der Waals surface area (Å²) in [7, 11) is -0.794. The van der Waals surface area contributed by atoms with Gasteiger partial charge in [-0.1, -0.05) is 6.07 Å². The lowest BCUT2D eigenvalue weighted by Crippen LogP contribution is -2.34. The molecule has 0 unspecified atom stereocenters. The number of carbonyl (C=O) groups is 2. The number of amides is 2. The summed E-state index contributed by atoms with van der Waals surface area (Å²) in [6.07, 6.45) is -0.584. The summed E-state index contributed by atoms with van der Waals surface area (Å²) < 4.78 is 31.0. The van der Waals surface area contributed by atoms with Crippen molar-refractivity contribution in [2.75, 3.05) is 24.7 Å². The van der Waals surface area contributed by atoms with Gasteiger partial charge < -0.3 is 15.4 Å². The summed E-state index contributed by atoms with van der Waals surface area (Å²) in [6, 6.07) is 10.6. The van der Waals surface area contributed by atoms with Crippen LogP contribution >= 0.6 is 0 Å². The molecular formula is C18H19N3O5S. The fourth-order valence-corrected chi connectivity index (χ4v) is 3.45. The zero-order valence-electron chi connectivity index (χ0n) is 15.0. The van der Waals surface area contributed by atoms with E-state index in [0.717, 1.165) is 4.31 Å². The molecule has 0 bridgehead atoms. The minimum absolute atomic E-state index is 0.0280. The minimum atomic E-state index is -3.64. The minimum Gasteiger partial charge on any atom is -0.479 e. The van der Waals surface area contributed by atoms with Crippen molar-refractivity contribution in [3.05, 3.63) is 48.0 Å². The topological polar surface area (TPSA) is 105 Å². The van der Waals surface area contributed by atoms with Crippen molar-refractivity contribution in [1.82, 2.24) is 4.31 Å². The molecule has 1 aliphatic rings. The van der Waals surface area contributed by atoms with Gasteiger partial charge >= 0.3 is 0 Å². The lowest BCUT2D eigenvalue weighted by atomic mass is 10.2. The summed E-state index contributed by atoms with van der Waals surface area (Å²) in [6.45, 7) is 1.64. The molecule has 0 saturated carbocycles. The predicted octanol–water partition coefficient (Wildman–Crippen LogP) is 1.91. The maximum Gasteiger partial charge on any atom is 0.265 e. The van der Waals surface area contributed by atoms with Crippen LogP contribution in [-0.4, -0.2) is 44.7 Å². The van der Waals surface area contributed by atoms with Crippen molar-refractivity contribution >= 4 is 33.2 Å². The Hall–Kier alpha value is -2.91. The number of nitrogens with zero attached hydrogens (tertiary/aromatic N) is 1. The zero-order valence-corrected chi connectivity index (χ0v) is 15.8. The Kier molecular flexibility index (Phi) is 4.90. The molecule has 1 aliphatic heterocycles. The smallest absolute Gasteiger partial charge is 0.265 e. The first-order valence-electron chi connectivity index (χ1n) is 8.14. The molecule has 142 valence electrons. The Morgan fingerprint density at radius 2 is 1.93 bits per heavy atom. The van der Waals surface area contributed by atoms with Gasteiger partial charge in [0.15, 0.2) is 6.10 Å². The second-order valence-corrected chi connectivity index (χ2v) is 8.38. The number of anilines is 2. The van der Waals surface area contributed by atoms with Crippen molar-refractivity contribution in [2.24, 2.45) is 0 Å². The predicted molar refractivity (Wildman–Crippen MR) is 100 cm³/mol. The number of carbonyl (C=O) groups excluding carboxylic acids is 2. The summed E-state index contributed by atoms with van der Waals surface area (Å²) in [5.41, 5.74) is 1.10. The second-order valence-electron chi connectivity index (χ2n) is 6.23. The molecule has 2 amide bonds. The number of nitrogens with one attached hydrogen (secondary N) is 2. The summed E-state index contributed by atoms with van der Waals surface area (Å²) >= 11 is 0. The average Bonchev–Trinajstić information content (AvgIpc) is 2.63. The first kappa shape index (κ1) is 18.9. The zero-order chi connectivity index (χ0) is 19.8. The Morgan fingerprint density at radius 1 is 1.19 bits per heavy atom. The van der Waals surface area contributed by atoms with Crippen molar-refractivity contribution < 1.29 is 22.7 Å². The van der Waals surface area contributed by atoms with Gasteiger partial charge in [0.1, 0.15) is 5.75 Å². The number of hydrogen-bond donors (Lipinski definition) is 2. The first-order valence-corrected chi connectivity index (χ1v) is 9.58. The van der Waals surface area contributed by atoms with Crippen LogP contribution in [0.5, 0.6) is 5.75 Å². The van der Waals surface area contributed by atoms with Gasteiger partial charge in [0.2, 0.25) is 10.0 Å². The van der Waals surface area contributed by atoms with E-state index in [4.69, 9.17) is 4.74 Å². The van der Waals surface area contributed by atoms with Gasteiger partial charge in [-0.15, -0.1) is 0 Å². The summed E-state index contributed by atoms with van der Waals surface area (Å²) in [5.74, 6) is -0.228. The molecule has 0 radical (unpaired) electrons. The molecule has 2 aromatic carbocycles. The molecule has 0 spiro atoms. The lowest BCUT2D eigenvalue weighted by Gasteiger charge is -2.23. The fraction of sp³-hybridized carbons (Fsp3) is 0.222. The van der Waals surface area contributed by atoms with Crippen LogP contribution in [0.3, 0.4) is 0 Å². The third-order valence-corrected chi connectivity index (χ3v) is 5.85. The first-order chi connectivity index (χ1) is 12.7.